The molecule has 2 rings (SSSR count). The molecule has 2 heteroatoms. The molecule has 0 saturated heterocycles. The van der Waals surface area contributed by atoms with Crippen molar-refractivity contribution in [2.24, 2.45) is 0 Å². The second kappa shape index (κ2) is 6.55. The van der Waals surface area contributed by atoms with Gasteiger partial charge in [0.15, 0.2) is 0 Å². The number of ether oxygens (including phenoxy) is 1. The third kappa shape index (κ3) is 3.46. The Morgan fingerprint density at radius 1 is 1.21 bits per heavy atom. The SMILES string of the molecule is C=C(C(=O)OCC)c1ccc(C2CCCCC2)cc1. The smallest absolute Gasteiger partial charge is 0.338 e. The maximum absolute atomic E-state index is 11.6. The van der Waals surface area contributed by atoms with Crippen LogP contribution in [0.25, 0.3) is 5.57 Å². The van der Waals surface area contributed by atoms with Gasteiger partial charge in [0, 0.05) is 0 Å². The molecule has 0 aliphatic heterocycles. The van der Waals surface area contributed by atoms with E-state index < -0.39 is 0 Å². The molecule has 1 aromatic rings. The van der Waals surface area contributed by atoms with E-state index >= 15 is 0 Å². The van der Waals surface area contributed by atoms with Gasteiger partial charge in [-0.1, -0.05) is 50.1 Å². The van der Waals surface area contributed by atoms with Crippen molar-refractivity contribution in [3.05, 3.63) is 42.0 Å². The highest BCUT2D eigenvalue weighted by Gasteiger charge is 2.16. The van der Waals surface area contributed by atoms with Gasteiger partial charge >= 0.3 is 5.97 Å². The van der Waals surface area contributed by atoms with Gasteiger partial charge in [0.1, 0.15) is 0 Å². The summed E-state index contributed by atoms with van der Waals surface area (Å²) in [5.74, 6) is 0.367. The molecule has 0 heterocycles. The Balaban J connectivity index is 2.05. The van der Waals surface area contributed by atoms with E-state index in [1.807, 2.05) is 12.1 Å². The Hall–Kier alpha value is -1.57. The standard InChI is InChI=1S/C17H22O2/c1-3-19-17(18)13(2)14-9-11-16(12-10-14)15-7-5-4-6-8-15/h9-12,15H,2-8H2,1H3. The number of esters is 1. The molecule has 102 valence electrons. The molecule has 0 N–H and O–H groups in total. The van der Waals surface area contributed by atoms with E-state index in [1.165, 1.54) is 37.7 Å². The van der Waals surface area contributed by atoms with Crippen molar-refractivity contribution in [2.75, 3.05) is 6.61 Å². The Bertz CT molecular complexity index is 439. The Labute approximate surface area is 115 Å². The second-order valence-electron chi connectivity index (χ2n) is 5.16. The quantitative estimate of drug-likeness (QED) is 0.594. The molecule has 2 nitrogen and oxygen atoms in total. The molecular weight excluding hydrogens is 236 g/mol. The van der Waals surface area contributed by atoms with E-state index in [1.54, 1.807) is 6.92 Å². The zero-order valence-electron chi connectivity index (χ0n) is 11.7. The highest BCUT2D eigenvalue weighted by Crippen LogP contribution is 2.33. The first-order valence-corrected chi connectivity index (χ1v) is 7.18. The van der Waals surface area contributed by atoms with Crippen LogP contribution < -0.4 is 0 Å². The van der Waals surface area contributed by atoms with Gasteiger partial charge in [0.05, 0.1) is 12.2 Å². The van der Waals surface area contributed by atoms with Crippen LogP contribution in [-0.4, -0.2) is 12.6 Å². The molecule has 0 radical (unpaired) electrons. The summed E-state index contributed by atoms with van der Waals surface area (Å²) in [5, 5.41) is 0. The van der Waals surface area contributed by atoms with Crippen molar-refractivity contribution in [3.8, 4) is 0 Å². The summed E-state index contributed by atoms with van der Waals surface area (Å²) in [5.41, 5.74) is 2.69. The van der Waals surface area contributed by atoms with Gasteiger partial charge < -0.3 is 4.74 Å². The minimum atomic E-state index is -0.326. The van der Waals surface area contributed by atoms with Crippen molar-refractivity contribution < 1.29 is 9.53 Å². The zero-order chi connectivity index (χ0) is 13.7. The number of carbonyl (C=O) groups excluding carboxylic acids is 1. The van der Waals surface area contributed by atoms with Crippen molar-refractivity contribution >= 4 is 11.5 Å². The minimum absolute atomic E-state index is 0.326. The molecule has 1 aliphatic carbocycles. The Kier molecular flexibility index (Phi) is 4.78. The summed E-state index contributed by atoms with van der Waals surface area (Å²) in [6.07, 6.45) is 6.62. The highest BCUT2D eigenvalue weighted by molar-refractivity contribution is 6.15. The molecule has 1 fully saturated rings. The van der Waals surface area contributed by atoms with Crippen LogP contribution in [-0.2, 0) is 9.53 Å². The summed E-state index contributed by atoms with van der Waals surface area (Å²) >= 11 is 0. The van der Waals surface area contributed by atoms with E-state index in [0.717, 1.165) is 5.56 Å². The van der Waals surface area contributed by atoms with Crippen molar-refractivity contribution in [3.63, 3.8) is 0 Å². The molecule has 0 spiro atoms. The monoisotopic (exact) mass is 258 g/mol. The predicted octanol–water partition coefficient (Wildman–Crippen LogP) is 4.31. The van der Waals surface area contributed by atoms with Crippen LogP contribution in [0.5, 0.6) is 0 Å². The molecule has 19 heavy (non-hydrogen) atoms. The summed E-state index contributed by atoms with van der Waals surface area (Å²) in [6.45, 7) is 6.00. The number of hydrogen-bond donors (Lipinski definition) is 0. The van der Waals surface area contributed by atoms with E-state index in [-0.39, 0.29) is 5.97 Å². The molecule has 0 amide bonds. The lowest BCUT2D eigenvalue weighted by Crippen LogP contribution is -2.07. The van der Waals surface area contributed by atoms with Crippen LogP contribution in [0.15, 0.2) is 30.8 Å². The van der Waals surface area contributed by atoms with Crippen LogP contribution in [0, 0.1) is 0 Å². The van der Waals surface area contributed by atoms with Gasteiger partial charge in [-0.05, 0) is 36.8 Å². The first-order chi connectivity index (χ1) is 9.22. The van der Waals surface area contributed by atoms with E-state index in [2.05, 4.69) is 18.7 Å². The van der Waals surface area contributed by atoms with Crippen molar-refractivity contribution in [2.45, 2.75) is 44.9 Å². The van der Waals surface area contributed by atoms with E-state index in [9.17, 15) is 4.79 Å². The van der Waals surface area contributed by atoms with Crippen LogP contribution in [0.4, 0.5) is 0 Å². The largest absolute Gasteiger partial charge is 0.462 e. The normalized spacial score (nSPS) is 16.1. The minimum Gasteiger partial charge on any atom is -0.462 e. The first kappa shape index (κ1) is 13.9. The van der Waals surface area contributed by atoms with Gasteiger partial charge in [-0.3, -0.25) is 0 Å². The molecule has 1 aromatic carbocycles. The molecule has 0 unspecified atom stereocenters. The number of carbonyl (C=O) groups is 1. The predicted molar refractivity (Wildman–Crippen MR) is 77.9 cm³/mol. The van der Waals surface area contributed by atoms with Crippen molar-refractivity contribution in [1.29, 1.82) is 0 Å². The van der Waals surface area contributed by atoms with Crippen LogP contribution in [0.3, 0.4) is 0 Å². The van der Waals surface area contributed by atoms with E-state index in [4.69, 9.17) is 4.74 Å². The van der Waals surface area contributed by atoms with Gasteiger partial charge in [0.25, 0.3) is 0 Å². The number of rotatable bonds is 4. The average molecular weight is 258 g/mol. The Morgan fingerprint density at radius 3 is 2.42 bits per heavy atom. The zero-order valence-corrected chi connectivity index (χ0v) is 11.7. The van der Waals surface area contributed by atoms with Gasteiger partial charge in [-0.15, -0.1) is 0 Å². The van der Waals surface area contributed by atoms with Gasteiger partial charge in [-0.2, -0.15) is 0 Å². The molecule has 1 saturated carbocycles. The lowest BCUT2D eigenvalue weighted by molar-refractivity contribution is -0.136. The second-order valence-corrected chi connectivity index (χ2v) is 5.16. The molecular formula is C17H22O2. The molecule has 0 bridgehead atoms. The van der Waals surface area contributed by atoms with Crippen LogP contribution in [0.2, 0.25) is 0 Å². The lowest BCUT2D eigenvalue weighted by atomic mass is 9.84. The fourth-order valence-electron chi connectivity index (χ4n) is 2.73. The maximum Gasteiger partial charge on any atom is 0.338 e. The third-order valence-corrected chi connectivity index (χ3v) is 3.86. The van der Waals surface area contributed by atoms with Crippen molar-refractivity contribution in [1.82, 2.24) is 0 Å². The highest BCUT2D eigenvalue weighted by atomic mass is 16.5. The summed E-state index contributed by atoms with van der Waals surface area (Å²) < 4.78 is 4.97. The molecule has 0 atom stereocenters. The summed E-state index contributed by atoms with van der Waals surface area (Å²) in [4.78, 5) is 11.6. The maximum atomic E-state index is 11.6. The average Bonchev–Trinajstić information content (AvgIpc) is 2.48. The topological polar surface area (TPSA) is 26.3 Å². The summed E-state index contributed by atoms with van der Waals surface area (Å²) in [6, 6.07) is 8.25. The molecule has 0 aromatic heterocycles. The Morgan fingerprint density at radius 2 is 1.84 bits per heavy atom. The lowest BCUT2D eigenvalue weighted by Gasteiger charge is -2.22. The fourth-order valence-corrected chi connectivity index (χ4v) is 2.73. The first-order valence-electron chi connectivity index (χ1n) is 7.18. The summed E-state index contributed by atoms with van der Waals surface area (Å²) in [7, 11) is 0. The van der Waals surface area contributed by atoms with Crippen LogP contribution >= 0.6 is 0 Å². The van der Waals surface area contributed by atoms with Crippen LogP contribution in [0.1, 0.15) is 56.1 Å². The van der Waals surface area contributed by atoms with Gasteiger partial charge in [0.2, 0.25) is 0 Å². The number of hydrogen-bond acceptors (Lipinski definition) is 2. The fraction of sp³-hybridized carbons (Fsp3) is 0.471. The third-order valence-electron chi connectivity index (χ3n) is 3.86. The number of benzene rings is 1. The van der Waals surface area contributed by atoms with E-state index in [0.29, 0.717) is 18.1 Å². The molecule has 1 aliphatic rings. The van der Waals surface area contributed by atoms with Gasteiger partial charge in [-0.25, -0.2) is 4.79 Å².